The number of nitrogens with two attached hydrogens (primary N) is 1. The van der Waals surface area contributed by atoms with Gasteiger partial charge in [0.2, 0.25) is 0 Å². The maximum Gasteiger partial charge on any atom is 0.319 e. The van der Waals surface area contributed by atoms with Gasteiger partial charge in [-0.15, -0.1) is 0 Å². The first-order valence-corrected chi connectivity index (χ1v) is 9.46. The zero-order valence-electron chi connectivity index (χ0n) is 15.3. The van der Waals surface area contributed by atoms with Crippen LogP contribution in [0.15, 0.2) is 47.3 Å². The van der Waals surface area contributed by atoms with Crippen LogP contribution in [0.3, 0.4) is 0 Å². The van der Waals surface area contributed by atoms with E-state index in [9.17, 15) is 9.59 Å². The zero-order chi connectivity index (χ0) is 19.8. The smallest absolute Gasteiger partial charge is 0.319 e. The molecule has 4 N–H and O–H groups in total. The molecule has 1 saturated carbocycles. The van der Waals surface area contributed by atoms with E-state index in [0.717, 1.165) is 12.8 Å². The van der Waals surface area contributed by atoms with Gasteiger partial charge in [-0.3, -0.25) is 9.36 Å². The average Bonchev–Trinajstić information content (AvgIpc) is 3.45. The maximum atomic E-state index is 13.2. The van der Waals surface area contributed by atoms with Gasteiger partial charge in [0.15, 0.2) is 0 Å². The van der Waals surface area contributed by atoms with Crippen LogP contribution in [-0.2, 0) is 0 Å². The molecule has 0 aliphatic heterocycles. The highest BCUT2D eigenvalue weighted by Crippen LogP contribution is 2.23. The molecule has 1 fully saturated rings. The third-order valence-corrected chi connectivity index (χ3v) is 4.87. The highest BCUT2D eigenvalue weighted by Gasteiger charge is 2.23. The predicted molar refractivity (Wildman–Crippen MR) is 110 cm³/mol. The van der Waals surface area contributed by atoms with E-state index < -0.39 is 6.04 Å². The second kappa shape index (κ2) is 7.26. The Morgan fingerprint density at radius 2 is 2.04 bits per heavy atom. The van der Waals surface area contributed by atoms with Crippen molar-refractivity contribution in [2.45, 2.75) is 31.8 Å². The molecule has 28 heavy (non-hydrogen) atoms. The summed E-state index contributed by atoms with van der Waals surface area (Å²) in [7, 11) is 0. The minimum Gasteiger partial charge on any atom is -0.335 e. The molecule has 0 bridgehead atoms. The molecule has 0 spiro atoms. The van der Waals surface area contributed by atoms with E-state index in [1.807, 2.05) is 0 Å². The summed E-state index contributed by atoms with van der Waals surface area (Å²) in [6, 6.07) is 11.6. The lowest BCUT2D eigenvalue weighted by Gasteiger charge is -2.17. The number of carbonyl (C=O) groups excluding carboxylic acids is 1. The lowest BCUT2D eigenvalue weighted by molar-refractivity contribution is 0.251. The van der Waals surface area contributed by atoms with Gasteiger partial charge in [0, 0.05) is 11.7 Å². The van der Waals surface area contributed by atoms with Crippen LogP contribution in [-0.4, -0.2) is 21.6 Å². The molecule has 7 nitrogen and oxygen atoms in total. The molecule has 3 aromatic rings. The summed E-state index contributed by atoms with van der Waals surface area (Å²) >= 11 is 6.26. The number of halogens is 1. The number of nitrogens with zero attached hydrogens (tertiary/aromatic N) is 2. The molecular formula is C20H20ClN5O2. The van der Waals surface area contributed by atoms with E-state index >= 15 is 0 Å². The van der Waals surface area contributed by atoms with Crippen LogP contribution in [0.5, 0.6) is 0 Å². The minimum absolute atomic E-state index is 0.252. The minimum atomic E-state index is -0.481. The lowest BCUT2D eigenvalue weighted by Crippen LogP contribution is -2.30. The number of hydrogen-bond acceptors (Lipinski definition) is 4. The molecule has 0 radical (unpaired) electrons. The summed E-state index contributed by atoms with van der Waals surface area (Å²) < 4.78 is 1.45. The Labute approximate surface area is 166 Å². The summed E-state index contributed by atoms with van der Waals surface area (Å²) in [5.41, 5.74) is 7.41. The molecule has 8 heteroatoms. The van der Waals surface area contributed by atoms with Crippen LogP contribution in [0.2, 0.25) is 5.02 Å². The lowest BCUT2D eigenvalue weighted by atomic mass is 10.2. The van der Waals surface area contributed by atoms with E-state index in [0.29, 0.717) is 33.1 Å². The van der Waals surface area contributed by atoms with Crippen molar-refractivity contribution in [1.29, 1.82) is 0 Å². The number of carbonyl (C=O) groups is 1. The summed E-state index contributed by atoms with van der Waals surface area (Å²) in [6.07, 6.45) is 2.01. The van der Waals surface area contributed by atoms with Crippen molar-refractivity contribution in [1.82, 2.24) is 14.9 Å². The number of rotatable bonds is 4. The van der Waals surface area contributed by atoms with Gasteiger partial charge in [0.05, 0.1) is 27.7 Å². The van der Waals surface area contributed by atoms with Crippen LogP contribution >= 0.6 is 11.6 Å². The number of aromatic nitrogens is 2. The molecular weight excluding hydrogens is 378 g/mol. The fourth-order valence-corrected chi connectivity index (χ4v) is 3.32. The van der Waals surface area contributed by atoms with E-state index in [-0.39, 0.29) is 17.6 Å². The van der Waals surface area contributed by atoms with Gasteiger partial charge in [0.25, 0.3) is 5.56 Å². The molecule has 1 aliphatic rings. The Kier molecular flexibility index (Phi) is 4.78. The Morgan fingerprint density at radius 1 is 1.29 bits per heavy atom. The summed E-state index contributed by atoms with van der Waals surface area (Å²) in [5.74, 6) is 0.416. The molecule has 1 heterocycles. The zero-order valence-corrected chi connectivity index (χ0v) is 16.0. The second-order valence-electron chi connectivity index (χ2n) is 6.96. The first kappa shape index (κ1) is 18.5. The van der Waals surface area contributed by atoms with E-state index in [1.165, 1.54) is 4.57 Å². The number of anilines is 1. The van der Waals surface area contributed by atoms with E-state index in [1.54, 1.807) is 49.4 Å². The topological polar surface area (TPSA) is 102 Å². The van der Waals surface area contributed by atoms with Gasteiger partial charge in [-0.25, -0.2) is 9.78 Å². The number of urea groups is 1. The maximum absolute atomic E-state index is 13.2. The molecule has 1 aromatic heterocycles. The van der Waals surface area contributed by atoms with Crippen LogP contribution in [0.25, 0.3) is 16.6 Å². The molecule has 2 aromatic carbocycles. The van der Waals surface area contributed by atoms with Crippen molar-refractivity contribution in [3.63, 3.8) is 0 Å². The first-order valence-electron chi connectivity index (χ1n) is 9.09. The predicted octanol–water partition coefficient (Wildman–Crippen LogP) is 3.34. The Bertz CT molecular complexity index is 1120. The normalized spacial score (nSPS) is 14.7. The van der Waals surface area contributed by atoms with Crippen molar-refractivity contribution < 1.29 is 4.79 Å². The molecule has 1 aliphatic carbocycles. The average molecular weight is 398 g/mol. The van der Waals surface area contributed by atoms with E-state index in [4.69, 9.17) is 17.3 Å². The molecule has 1 atom stereocenters. The summed E-state index contributed by atoms with van der Waals surface area (Å²) in [6.45, 7) is 1.76. The third-order valence-electron chi connectivity index (χ3n) is 4.55. The highest BCUT2D eigenvalue weighted by molar-refractivity contribution is 6.35. The number of fused-ring (bicyclic) bond motifs is 1. The Hall–Kier alpha value is -2.90. The second-order valence-corrected chi connectivity index (χ2v) is 7.36. The van der Waals surface area contributed by atoms with Crippen LogP contribution in [0.4, 0.5) is 10.5 Å². The van der Waals surface area contributed by atoms with Crippen molar-refractivity contribution in [2.24, 2.45) is 5.73 Å². The fourth-order valence-electron chi connectivity index (χ4n) is 3.06. The van der Waals surface area contributed by atoms with Gasteiger partial charge in [-0.2, -0.15) is 0 Å². The van der Waals surface area contributed by atoms with Crippen LogP contribution in [0, 0.1) is 0 Å². The number of amides is 2. The van der Waals surface area contributed by atoms with Crippen molar-refractivity contribution >= 4 is 34.2 Å². The fraction of sp³-hybridized carbons (Fsp3) is 0.250. The van der Waals surface area contributed by atoms with Gasteiger partial charge in [-0.1, -0.05) is 23.7 Å². The van der Waals surface area contributed by atoms with Gasteiger partial charge < -0.3 is 16.4 Å². The quantitative estimate of drug-likeness (QED) is 0.628. The summed E-state index contributed by atoms with van der Waals surface area (Å²) in [4.78, 5) is 29.8. The number of hydrogen-bond donors (Lipinski definition) is 3. The third kappa shape index (κ3) is 3.58. The van der Waals surface area contributed by atoms with Crippen LogP contribution < -0.4 is 21.9 Å². The Morgan fingerprint density at radius 3 is 2.75 bits per heavy atom. The van der Waals surface area contributed by atoms with Crippen molar-refractivity contribution in [2.75, 3.05) is 5.32 Å². The number of benzene rings is 2. The summed E-state index contributed by atoms with van der Waals surface area (Å²) in [5, 5.41) is 6.33. The van der Waals surface area contributed by atoms with Gasteiger partial charge in [-0.05, 0) is 50.1 Å². The van der Waals surface area contributed by atoms with Crippen molar-refractivity contribution in [3.05, 3.63) is 63.7 Å². The standard InChI is InChI=1S/C20H20ClN5O2/c1-11(22)18-25-16-7-3-6-15(21)17(16)19(27)26(18)14-5-2-4-13(10-14)24-20(28)23-12-8-9-12/h2-7,10-12H,8-9,22H2,1H3,(H2,23,24,28). The SMILES string of the molecule is CC(N)c1nc2cccc(Cl)c2c(=O)n1-c1cccc(NC(=O)NC2CC2)c1. The monoisotopic (exact) mass is 397 g/mol. The molecule has 0 saturated heterocycles. The molecule has 4 rings (SSSR count). The molecule has 2 amide bonds. The van der Waals surface area contributed by atoms with Crippen LogP contribution in [0.1, 0.15) is 31.6 Å². The number of nitrogens with one attached hydrogen (secondary N) is 2. The molecule has 144 valence electrons. The highest BCUT2D eigenvalue weighted by atomic mass is 35.5. The molecule has 1 unspecified atom stereocenters. The first-order chi connectivity index (χ1) is 13.4. The van der Waals surface area contributed by atoms with Gasteiger partial charge >= 0.3 is 6.03 Å². The van der Waals surface area contributed by atoms with Gasteiger partial charge in [0.1, 0.15) is 5.82 Å². The van der Waals surface area contributed by atoms with E-state index in [2.05, 4.69) is 15.6 Å². The van der Waals surface area contributed by atoms with Crippen molar-refractivity contribution in [3.8, 4) is 5.69 Å². The largest absolute Gasteiger partial charge is 0.335 e. The Balaban J connectivity index is 1.81.